The highest BCUT2D eigenvalue weighted by atomic mass is 16.5. The normalized spacial score (nSPS) is 28.1. The second-order valence-electron chi connectivity index (χ2n) is 6.43. The summed E-state index contributed by atoms with van der Waals surface area (Å²) in [6.07, 6.45) is 7.13. The lowest BCUT2D eigenvalue weighted by Gasteiger charge is -2.14. The van der Waals surface area contributed by atoms with E-state index in [1.807, 2.05) is 0 Å². The van der Waals surface area contributed by atoms with Crippen LogP contribution in [0.15, 0.2) is 16.2 Å². The Bertz CT molecular complexity index is 559. The molecule has 3 atom stereocenters. The number of aliphatic hydroxyl groups excluding tert-OH is 1. The maximum atomic E-state index is 11.9. The number of aromatic nitrogens is 2. The molecule has 3 rings (SSSR count). The van der Waals surface area contributed by atoms with E-state index in [1.165, 1.54) is 18.4 Å². The van der Waals surface area contributed by atoms with Gasteiger partial charge in [-0.05, 0) is 45.4 Å². The zero-order chi connectivity index (χ0) is 15.5. The first-order chi connectivity index (χ1) is 10.6. The number of amides is 1. The lowest BCUT2D eigenvalue weighted by atomic mass is 10.0. The summed E-state index contributed by atoms with van der Waals surface area (Å²) in [6, 6.07) is 0. The van der Waals surface area contributed by atoms with Crippen LogP contribution >= 0.6 is 0 Å². The molecule has 6 nitrogen and oxygen atoms in total. The van der Waals surface area contributed by atoms with Gasteiger partial charge in [0.2, 0.25) is 11.8 Å². The van der Waals surface area contributed by atoms with Crippen molar-refractivity contribution in [2.24, 2.45) is 5.92 Å². The summed E-state index contributed by atoms with van der Waals surface area (Å²) < 4.78 is 5.19. The monoisotopic (exact) mass is 305 g/mol. The first-order valence-electron chi connectivity index (χ1n) is 8.07. The van der Waals surface area contributed by atoms with E-state index < -0.39 is 6.10 Å². The average molecular weight is 305 g/mol. The summed E-state index contributed by atoms with van der Waals surface area (Å²) in [5.74, 6) is 1.30. The van der Waals surface area contributed by atoms with E-state index in [2.05, 4.69) is 15.5 Å². The van der Waals surface area contributed by atoms with Crippen molar-refractivity contribution in [2.75, 3.05) is 6.54 Å². The molecule has 22 heavy (non-hydrogen) atoms. The highest BCUT2D eigenvalue weighted by Crippen LogP contribution is 2.37. The third-order valence-corrected chi connectivity index (χ3v) is 4.67. The van der Waals surface area contributed by atoms with Crippen molar-refractivity contribution in [2.45, 2.75) is 57.5 Å². The zero-order valence-electron chi connectivity index (χ0n) is 12.9. The Balaban J connectivity index is 1.50. The molecule has 1 heterocycles. The smallest absolute Gasteiger partial charge is 0.243 e. The predicted octanol–water partition coefficient (Wildman–Crippen LogP) is 1.85. The van der Waals surface area contributed by atoms with Gasteiger partial charge in [0.25, 0.3) is 0 Å². The number of rotatable bonds is 4. The third kappa shape index (κ3) is 3.55. The summed E-state index contributed by atoms with van der Waals surface area (Å²) in [5, 5.41) is 16.9. The third-order valence-electron chi connectivity index (χ3n) is 4.67. The maximum absolute atomic E-state index is 11.9. The number of hydrogen-bond acceptors (Lipinski definition) is 5. The van der Waals surface area contributed by atoms with Gasteiger partial charge in [-0.15, -0.1) is 0 Å². The number of carbonyl (C=O) groups excluding carboxylic acids is 1. The lowest BCUT2D eigenvalue weighted by molar-refractivity contribution is -0.116. The first-order valence-corrected chi connectivity index (χ1v) is 8.07. The molecule has 0 unspecified atom stereocenters. The maximum Gasteiger partial charge on any atom is 0.243 e. The number of nitrogens with zero attached hydrogens (tertiary/aromatic N) is 2. The fourth-order valence-corrected chi connectivity index (χ4v) is 3.44. The van der Waals surface area contributed by atoms with Gasteiger partial charge in [-0.2, -0.15) is 4.98 Å². The van der Waals surface area contributed by atoms with Gasteiger partial charge < -0.3 is 14.9 Å². The predicted molar refractivity (Wildman–Crippen MR) is 80.1 cm³/mol. The molecular formula is C16H23N3O3. The van der Waals surface area contributed by atoms with Crippen molar-refractivity contribution in [1.82, 2.24) is 15.5 Å². The molecule has 1 amide bonds. The molecular weight excluding hydrogens is 282 g/mol. The van der Waals surface area contributed by atoms with Crippen LogP contribution in [0.5, 0.6) is 0 Å². The molecule has 0 saturated heterocycles. The number of aryl methyl sites for hydroxylation is 1. The van der Waals surface area contributed by atoms with E-state index in [1.54, 1.807) is 13.0 Å². The average Bonchev–Trinajstić information content (AvgIpc) is 3.19. The van der Waals surface area contributed by atoms with E-state index in [-0.39, 0.29) is 17.7 Å². The second-order valence-corrected chi connectivity index (χ2v) is 6.43. The molecule has 2 aliphatic rings. The molecule has 6 heteroatoms. The molecule has 0 spiro atoms. The lowest BCUT2D eigenvalue weighted by Crippen LogP contribution is -2.31. The van der Waals surface area contributed by atoms with Crippen LogP contribution in [-0.2, 0) is 4.79 Å². The Morgan fingerprint density at radius 1 is 1.41 bits per heavy atom. The van der Waals surface area contributed by atoms with Crippen LogP contribution in [0.1, 0.15) is 56.2 Å². The molecule has 0 radical (unpaired) electrons. The fourth-order valence-electron chi connectivity index (χ4n) is 3.44. The van der Waals surface area contributed by atoms with E-state index in [0.29, 0.717) is 24.7 Å². The van der Waals surface area contributed by atoms with Crippen molar-refractivity contribution in [3.8, 4) is 0 Å². The van der Waals surface area contributed by atoms with Crippen LogP contribution in [0.25, 0.3) is 0 Å². The summed E-state index contributed by atoms with van der Waals surface area (Å²) in [7, 11) is 0. The van der Waals surface area contributed by atoms with Gasteiger partial charge in [-0.25, -0.2) is 0 Å². The van der Waals surface area contributed by atoms with Crippen LogP contribution in [0.4, 0.5) is 0 Å². The van der Waals surface area contributed by atoms with E-state index in [4.69, 9.17) is 4.52 Å². The fraction of sp³-hybridized carbons (Fsp3) is 0.688. The quantitative estimate of drug-likeness (QED) is 0.829. The molecule has 2 saturated carbocycles. The molecule has 0 aromatic carbocycles. The molecule has 0 aliphatic heterocycles. The highest BCUT2D eigenvalue weighted by Gasteiger charge is 2.36. The molecule has 2 N–H and O–H groups in total. The Morgan fingerprint density at radius 2 is 2.18 bits per heavy atom. The van der Waals surface area contributed by atoms with Gasteiger partial charge in [-0.1, -0.05) is 10.7 Å². The summed E-state index contributed by atoms with van der Waals surface area (Å²) >= 11 is 0. The van der Waals surface area contributed by atoms with Gasteiger partial charge >= 0.3 is 0 Å². The molecule has 2 fully saturated rings. The summed E-state index contributed by atoms with van der Waals surface area (Å²) in [6.45, 7) is 2.28. The van der Waals surface area contributed by atoms with Gasteiger partial charge in [0.1, 0.15) is 0 Å². The van der Waals surface area contributed by atoms with Crippen molar-refractivity contribution in [3.05, 3.63) is 23.4 Å². The molecule has 0 bridgehead atoms. The topological polar surface area (TPSA) is 88.2 Å². The van der Waals surface area contributed by atoms with Gasteiger partial charge in [0.05, 0.1) is 6.10 Å². The van der Waals surface area contributed by atoms with Crippen LogP contribution < -0.4 is 5.32 Å². The standard InChI is InChI=1S/C16H23N3O3/c1-10-18-16(22-19-10)12-7-13(14(20)8-12)9-17-15(21)6-11-4-2-3-5-11/h6,12-14,20H,2-5,7-9H2,1H3,(H,17,21)/t12-,13+,14+/m0/s1. The Hall–Kier alpha value is -1.69. The number of allylic oxidation sites excluding steroid dienone is 1. The van der Waals surface area contributed by atoms with Gasteiger partial charge in [0.15, 0.2) is 5.82 Å². The minimum absolute atomic E-state index is 0.0406. The number of nitrogens with one attached hydrogen (secondary N) is 1. The highest BCUT2D eigenvalue weighted by molar-refractivity contribution is 5.88. The Morgan fingerprint density at radius 3 is 2.86 bits per heavy atom. The van der Waals surface area contributed by atoms with Crippen LogP contribution in [-0.4, -0.2) is 33.8 Å². The van der Waals surface area contributed by atoms with Gasteiger partial charge in [0, 0.05) is 24.5 Å². The number of hydrogen-bond donors (Lipinski definition) is 2. The molecule has 2 aliphatic carbocycles. The largest absolute Gasteiger partial charge is 0.393 e. The van der Waals surface area contributed by atoms with Crippen LogP contribution in [0.2, 0.25) is 0 Å². The summed E-state index contributed by atoms with van der Waals surface area (Å²) in [4.78, 5) is 16.1. The Labute approximate surface area is 130 Å². The minimum atomic E-state index is -0.434. The van der Waals surface area contributed by atoms with E-state index >= 15 is 0 Å². The van der Waals surface area contributed by atoms with Crippen molar-refractivity contribution in [1.29, 1.82) is 0 Å². The Kier molecular flexibility index (Phi) is 4.57. The van der Waals surface area contributed by atoms with Crippen molar-refractivity contribution >= 4 is 5.91 Å². The molecule has 1 aromatic heterocycles. The minimum Gasteiger partial charge on any atom is -0.393 e. The van der Waals surface area contributed by atoms with Crippen LogP contribution in [0, 0.1) is 12.8 Å². The number of carbonyl (C=O) groups is 1. The first kappa shape index (κ1) is 15.2. The van der Waals surface area contributed by atoms with Gasteiger partial charge in [-0.3, -0.25) is 4.79 Å². The zero-order valence-corrected chi connectivity index (χ0v) is 12.9. The molecule has 1 aromatic rings. The summed E-state index contributed by atoms with van der Waals surface area (Å²) in [5.41, 5.74) is 1.24. The van der Waals surface area contributed by atoms with Crippen molar-refractivity contribution < 1.29 is 14.4 Å². The van der Waals surface area contributed by atoms with E-state index in [0.717, 1.165) is 19.3 Å². The van der Waals surface area contributed by atoms with Crippen molar-refractivity contribution in [3.63, 3.8) is 0 Å². The number of aliphatic hydroxyl groups is 1. The van der Waals surface area contributed by atoms with Crippen LogP contribution in [0.3, 0.4) is 0 Å². The second kappa shape index (κ2) is 6.60. The SMILES string of the molecule is Cc1noc([C@H]2C[C@H](CNC(=O)C=C3CCCC3)[C@H](O)C2)n1. The van der Waals surface area contributed by atoms with E-state index in [9.17, 15) is 9.90 Å². The molecule has 120 valence electrons.